The average molecular weight is 376 g/mol. The zero-order chi connectivity index (χ0) is 19.3. The largest absolute Gasteiger partial charge is 0.495 e. The van der Waals surface area contributed by atoms with Gasteiger partial charge in [-0.1, -0.05) is 56.6 Å². The van der Waals surface area contributed by atoms with Gasteiger partial charge in [-0.3, -0.25) is 4.79 Å². The summed E-state index contributed by atoms with van der Waals surface area (Å²) in [6, 6.07) is 13.8. The van der Waals surface area contributed by atoms with E-state index in [-0.39, 0.29) is 11.3 Å². The van der Waals surface area contributed by atoms with Crippen molar-refractivity contribution < 1.29 is 14.4 Å². The van der Waals surface area contributed by atoms with Crippen LogP contribution in [0.25, 0.3) is 0 Å². The van der Waals surface area contributed by atoms with Crippen LogP contribution in [0, 0.1) is 0 Å². The molecular formula is C21H28ClN2O2+. The van der Waals surface area contributed by atoms with Crippen molar-refractivity contribution in [1.82, 2.24) is 0 Å². The molecule has 26 heavy (non-hydrogen) atoms. The zero-order valence-corrected chi connectivity index (χ0v) is 16.9. The number of halogens is 1. The molecule has 0 saturated carbocycles. The van der Waals surface area contributed by atoms with Gasteiger partial charge in [0.1, 0.15) is 12.3 Å². The minimum atomic E-state index is -0.0746. The lowest BCUT2D eigenvalue weighted by atomic mass is 9.87. The second kappa shape index (κ2) is 8.56. The van der Waals surface area contributed by atoms with Gasteiger partial charge in [-0.25, -0.2) is 0 Å². The monoisotopic (exact) mass is 375 g/mol. The molecule has 140 valence electrons. The van der Waals surface area contributed by atoms with Crippen LogP contribution in [-0.2, 0) is 16.8 Å². The summed E-state index contributed by atoms with van der Waals surface area (Å²) >= 11 is 6.00. The summed E-state index contributed by atoms with van der Waals surface area (Å²) in [4.78, 5) is 13.5. The van der Waals surface area contributed by atoms with Gasteiger partial charge in [0.2, 0.25) is 0 Å². The highest BCUT2D eigenvalue weighted by molar-refractivity contribution is 6.31. The first-order valence-electron chi connectivity index (χ1n) is 8.73. The Labute approximate surface area is 161 Å². The maximum absolute atomic E-state index is 12.3. The van der Waals surface area contributed by atoms with Gasteiger partial charge in [0.05, 0.1) is 19.8 Å². The van der Waals surface area contributed by atoms with E-state index in [1.807, 2.05) is 7.05 Å². The molecule has 0 spiro atoms. The van der Waals surface area contributed by atoms with E-state index in [9.17, 15) is 4.79 Å². The van der Waals surface area contributed by atoms with E-state index in [0.29, 0.717) is 23.0 Å². The first-order valence-corrected chi connectivity index (χ1v) is 9.11. The van der Waals surface area contributed by atoms with Crippen LogP contribution in [0.4, 0.5) is 5.69 Å². The molecule has 2 aromatic rings. The number of ether oxygens (including phenoxy) is 1. The number of anilines is 1. The lowest BCUT2D eigenvalue weighted by Gasteiger charge is -2.20. The third-order valence-corrected chi connectivity index (χ3v) is 4.46. The summed E-state index contributed by atoms with van der Waals surface area (Å²) in [5, 5.41) is 3.44. The van der Waals surface area contributed by atoms with Gasteiger partial charge >= 0.3 is 0 Å². The van der Waals surface area contributed by atoms with Crippen LogP contribution >= 0.6 is 11.6 Å². The highest BCUT2D eigenvalue weighted by Gasteiger charge is 2.15. The van der Waals surface area contributed by atoms with Crippen LogP contribution in [0.2, 0.25) is 5.02 Å². The van der Waals surface area contributed by atoms with Crippen molar-refractivity contribution >= 4 is 23.2 Å². The Bertz CT molecular complexity index is 752. The quantitative estimate of drug-likeness (QED) is 0.813. The van der Waals surface area contributed by atoms with Gasteiger partial charge < -0.3 is 15.0 Å². The third-order valence-electron chi connectivity index (χ3n) is 4.22. The first kappa shape index (κ1) is 20.3. The SMILES string of the molecule is COc1ccc(Cl)cc1NC(=O)C[NH+](C)Cc1ccc(C(C)(C)C)cc1. The highest BCUT2D eigenvalue weighted by atomic mass is 35.5. The number of methoxy groups -OCH3 is 1. The van der Waals surface area contributed by atoms with Crippen LogP contribution in [0.3, 0.4) is 0 Å². The van der Waals surface area contributed by atoms with Gasteiger partial charge in [0.25, 0.3) is 5.91 Å². The summed E-state index contributed by atoms with van der Waals surface area (Å²) < 4.78 is 5.26. The van der Waals surface area contributed by atoms with Crippen LogP contribution in [-0.4, -0.2) is 26.6 Å². The molecule has 0 fully saturated rings. The molecule has 0 radical (unpaired) electrons. The standard InChI is InChI=1S/C21H27ClN2O2/c1-21(2,3)16-8-6-15(7-9-16)13-24(4)14-20(25)23-18-12-17(22)10-11-19(18)26-5/h6-12H,13-14H2,1-5H3,(H,23,25)/p+1. The smallest absolute Gasteiger partial charge is 0.279 e. The Hall–Kier alpha value is -2.04. The molecule has 0 aliphatic heterocycles. The number of quaternary nitrogens is 1. The van der Waals surface area contributed by atoms with E-state index < -0.39 is 0 Å². The maximum Gasteiger partial charge on any atom is 0.279 e. The van der Waals surface area contributed by atoms with Crippen molar-refractivity contribution in [2.24, 2.45) is 0 Å². The number of nitrogens with one attached hydrogen (secondary N) is 2. The van der Waals surface area contributed by atoms with Crippen LogP contribution in [0.1, 0.15) is 31.9 Å². The van der Waals surface area contributed by atoms with E-state index in [0.717, 1.165) is 11.4 Å². The fourth-order valence-corrected chi connectivity index (χ4v) is 2.95. The number of carbonyl (C=O) groups excluding carboxylic acids is 1. The molecule has 1 amide bonds. The number of benzene rings is 2. The molecule has 0 aliphatic rings. The first-order chi connectivity index (χ1) is 12.2. The van der Waals surface area contributed by atoms with E-state index in [1.165, 1.54) is 11.1 Å². The fourth-order valence-electron chi connectivity index (χ4n) is 2.78. The topological polar surface area (TPSA) is 42.8 Å². The van der Waals surface area contributed by atoms with E-state index in [1.54, 1.807) is 25.3 Å². The van der Waals surface area contributed by atoms with E-state index in [4.69, 9.17) is 16.3 Å². The van der Waals surface area contributed by atoms with Crippen molar-refractivity contribution in [2.45, 2.75) is 32.7 Å². The number of amides is 1. The van der Waals surface area contributed by atoms with Gasteiger partial charge in [0, 0.05) is 10.6 Å². The molecule has 2 rings (SSSR count). The molecule has 2 N–H and O–H groups in total. The fraction of sp³-hybridized carbons (Fsp3) is 0.381. The Morgan fingerprint density at radius 3 is 2.38 bits per heavy atom. The van der Waals surface area contributed by atoms with Crippen LogP contribution < -0.4 is 15.0 Å². The molecular weight excluding hydrogens is 348 g/mol. The van der Waals surface area contributed by atoms with Gasteiger partial charge in [-0.15, -0.1) is 0 Å². The number of likely N-dealkylation sites (N-methyl/N-ethyl adjacent to an activating group) is 1. The Morgan fingerprint density at radius 1 is 1.15 bits per heavy atom. The molecule has 1 atom stereocenters. The summed E-state index contributed by atoms with van der Waals surface area (Å²) in [6.45, 7) is 7.75. The van der Waals surface area contributed by atoms with Crippen molar-refractivity contribution in [1.29, 1.82) is 0 Å². The lowest BCUT2D eigenvalue weighted by Crippen LogP contribution is -3.08. The molecule has 2 aromatic carbocycles. The summed E-state index contributed by atoms with van der Waals surface area (Å²) in [5.41, 5.74) is 3.26. The molecule has 0 aromatic heterocycles. The van der Waals surface area contributed by atoms with Crippen LogP contribution in [0.5, 0.6) is 5.75 Å². The van der Waals surface area contributed by atoms with E-state index in [2.05, 4.69) is 50.4 Å². The maximum atomic E-state index is 12.3. The van der Waals surface area contributed by atoms with Gasteiger partial charge in [0.15, 0.2) is 6.54 Å². The van der Waals surface area contributed by atoms with Gasteiger partial charge in [-0.2, -0.15) is 0 Å². The molecule has 0 aliphatic carbocycles. The lowest BCUT2D eigenvalue weighted by molar-refractivity contribution is -0.885. The van der Waals surface area contributed by atoms with E-state index >= 15 is 0 Å². The molecule has 5 heteroatoms. The molecule has 0 heterocycles. The molecule has 0 saturated heterocycles. The second-order valence-electron chi connectivity index (χ2n) is 7.65. The average Bonchev–Trinajstić information content (AvgIpc) is 2.54. The summed E-state index contributed by atoms with van der Waals surface area (Å²) in [6.07, 6.45) is 0. The summed E-state index contributed by atoms with van der Waals surface area (Å²) in [5.74, 6) is 0.521. The highest BCUT2D eigenvalue weighted by Crippen LogP contribution is 2.27. The molecule has 1 unspecified atom stereocenters. The Morgan fingerprint density at radius 2 is 1.81 bits per heavy atom. The van der Waals surface area contributed by atoms with Crippen molar-refractivity contribution in [3.05, 3.63) is 58.6 Å². The third kappa shape index (κ3) is 5.75. The summed E-state index contributed by atoms with van der Waals surface area (Å²) in [7, 11) is 3.57. The Kier molecular flexibility index (Phi) is 6.68. The van der Waals surface area contributed by atoms with Crippen molar-refractivity contribution in [3.8, 4) is 5.75 Å². The van der Waals surface area contributed by atoms with Crippen molar-refractivity contribution in [3.63, 3.8) is 0 Å². The Balaban J connectivity index is 1.94. The zero-order valence-electron chi connectivity index (χ0n) is 16.2. The predicted molar refractivity (Wildman–Crippen MR) is 107 cm³/mol. The molecule has 0 bridgehead atoms. The molecule has 4 nitrogen and oxygen atoms in total. The minimum absolute atomic E-state index is 0.0746. The predicted octanol–water partition coefficient (Wildman–Crippen LogP) is 3.30. The van der Waals surface area contributed by atoms with Crippen molar-refractivity contribution in [2.75, 3.05) is 26.0 Å². The number of carbonyl (C=O) groups is 1. The second-order valence-corrected chi connectivity index (χ2v) is 8.09. The van der Waals surface area contributed by atoms with Gasteiger partial charge in [-0.05, 0) is 29.2 Å². The normalized spacial score (nSPS) is 12.5. The minimum Gasteiger partial charge on any atom is -0.495 e. The number of hydrogen-bond donors (Lipinski definition) is 2. The number of hydrogen-bond acceptors (Lipinski definition) is 2. The number of rotatable bonds is 6. The van der Waals surface area contributed by atoms with Crippen LogP contribution in [0.15, 0.2) is 42.5 Å².